The Morgan fingerprint density at radius 2 is 1.68 bits per heavy atom. The Bertz CT molecular complexity index is 861. The molecule has 4 heteroatoms. The lowest BCUT2D eigenvalue weighted by Crippen LogP contribution is -2.00. The molecule has 0 aliphatic rings. The summed E-state index contributed by atoms with van der Waals surface area (Å²) < 4.78 is 11.5. The van der Waals surface area contributed by atoms with Gasteiger partial charge in [0.25, 0.3) is 0 Å². The van der Waals surface area contributed by atoms with Crippen LogP contribution in [0.5, 0.6) is 11.5 Å². The van der Waals surface area contributed by atoms with Crippen molar-refractivity contribution < 1.29 is 9.47 Å². The van der Waals surface area contributed by atoms with E-state index >= 15 is 0 Å². The van der Waals surface area contributed by atoms with Crippen LogP contribution in [0.25, 0.3) is 0 Å². The Labute approximate surface area is 147 Å². The standard InChI is InChI=1S/C21H20N2O2/c1-24-20-13-7-10-17(14-23-19-12-6-5-11-18(19)22)21(20)25-15-16-8-3-2-4-9-16/h2-14H,15,22H2,1H3. The Balaban J connectivity index is 1.87. The highest BCUT2D eigenvalue weighted by Crippen LogP contribution is 2.31. The molecule has 0 fully saturated rings. The molecular weight excluding hydrogens is 312 g/mol. The molecule has 3 aromatic carbocycles. The third kappa shape index (κ3) is 4.18. The Morgan fingerprint density at radius 3 is 2.44 bits per heavy atom. The van der Waals surface area contributed by atoms with E-state index in [0.717, 1.165) is 16.8 Å². The molecular formula is C21H20N2O2. The van der Waals surface area contributed by atoms with Crippen molar-refractivity contribution in [1.82, 2.24) is 0 Å². The van der Waals surface area contributed by atoms with Gasteiger partial charge < -0.3 is 15.2 Å². The predicted molar refractivity (Wildman–Crippen MR) is 102 cm³/mol. The molecule has 0 aliphatic heterocycles. The van der Waals surface area contributed by atoms with Crippen molar-refractivity contribution in [1.29, 1.82) is 0 Å². The van der Waals surface area contributed by atoms with Gasteiger partial charge in [0.15, 0.2) is 11.5 Å². The first-order chi connectivity index (χ1) is 12.3. The van der Waals surface area contributed by atoms with Crippen molar-refractivity contribution in [2.75, 3.05) is 12.8 Å². The number of nitrogens with two attached hydrogens (primary N) is 1. The number of aliphatic imine (C=N–C) groups is 1. The van der Waals surface area contributed by atoms with Crippen LogP contribution in [-0.2, 0) is 6.61 Å². The second-order valence-electron chi connectivity index (χ2n) is 5.47. The third-order valence-electron chi connectivity index (χ3n) is 3.73. The van der Waals surface area contributed by atoms with E-state index in [4.69, 9.17) is 15.2 Å². The molecule has 0 amide bonds. The van der Waals surface area contributed by atoms with Crippen LogP contribution < -0.4 is 15.2 Å². The number of nitrogen functional groups attached to an aromatic ring is 1. The lowest BCUT2D eigenvalue weighted by Gasteiger charge is -2.13. The van der Waals surface area contributed by atoms with Crippen LogP contribution in [0.15, 0.2) is 77.8 Å². The van der Waals surface area contributed by atoms with Crippen molar-refractivity contribution in [3.8, 4) is 11.5 Å². The van der Waals surface area contributed by atoms with Gasteiger partial charge in [0.1, 0.15) is 6.61 Å². The molecule has 0 spiro atoms. The molecule has 25 heavy (non-hydrogen) atoms. The molecule has 3 aromatic rings. The van der Waals surface area contributed by atoms with Crippen LogP contribution in [-0.4, -0.2) is 13.3 Å². The topological polar surface area (TPSA) is 56.8 Å². The van der Waals surface area contributed by atoms with Crippen molar-refractivity contribution >= 4 is 17.6 Å². The summed E-state index contributed by atoms with van der Waals surface area (Å²) in [7, 11) is 1.63. The van der Waals surface area contributed by atoms with Crippen LogP contribution in [0.2, 0.25) is 0 Å². The van der Waals surface area contributed by atoms with E-state index in [2.05, 4.69) is 4.99 Å². The average molecular weight is 332 g/mol. The highest BCUT2D eigenvalue weighted by molar-refractivity contribution is 5.88. The van der Waals surface area contributed by atoms with Crippen molar-refractivity contribution in [3.05, 3.63) is 83.9 Å². The van der Waals surface area contributed by atoms with Gasteiger partial charge in [-0.25, -0.2) is 0 Å². The summed E-state index contributed by atoms with van der Waals surface area (Å²) in [5.41, 5.74) is 9.22. The molecule has 0 unspecified atom stereocenters. The highest BCUT2D eigenvalue weighted by Gasteiger charge is 2.09. The maximum absolute atomic E-state index is 6.02. The minimum atomic E-state index is 0.454. The summed E-state index contributed by atoms with van der Waals surface area (Å²) in [6.07, 6.45) is 1.74. The van der Waals surface area contributed by atoms with E-state index in [1.807, 2.05) is 72.8 Å². The predicted octanol–water partition coefficient (Wildman–Crippen LogP) is 4.61. The third-order valence-corrected chi connectivity index (χ3v) is 3.73. The van der Waals surface area contributed by atoms with E-state index < -0.39 is 0 Å². The van der Waals surface area contributed by atoms with Gasteiger partial charge in [-0.3, -0.25) is 4.99 Å². The lowest BCUT2D eigenvalue weighted by molar-refractivity contribution is 0.284. The molecule has 4 nitrogen and oxygen atoms in total. The van der Waals surface area contributed by atoms with Crippen LogP contribution in [0, 0.1) is 0 Å². The molecule has 0 aliphatic carbocycles. The van der Waals surface area contributed by atoms with E-state index in [1.54, 1.807) is 13.3 Å². The maximum atomic E-state index is 6.02. The van der Waals surface area contributed by atoms with Gasteiger partial charge in [0, 0.05) is 11.8 Å². The number of para-hydroxylation sites is 3. The molecule has 0 heterocycles. The molecule has 2 N–H and O–H groups in total. The van der Waals surface area contributed by atoms with E-state index in [9.17, 15) is 0 Å². The molecule has 0 saturated heterocycles. The number of methoxy groups -OCH3 is 1. The first-order valence-electron chi connectivity index (χ1n) is 8.00. The first kappa shape index (κ1) is 16.6. The fourth-order valence-corrected chi connectivity index (χ4v) is 2.42. The van der Waals surface area contributed by atoms with Gasteiger partial charge in [0.2, 0.25) is 0 Å². The van der Waals surface area contributed by atoms with Gasteiger partial charge in [0.05, 0.1) is 18.5 Å². The van der Waals surface area contributed by atoms with E-state index in [-0.39, 0.29) is 0 Å². The fourth-order valence-electron chi connectivity index (χ4n) is 2.42. The monoisotopic (exact) mass is 332 g/mol. The zero-order chi connectivity index (χ0) is 17.5. The molecule has 0 aromatic heterocycles. The zero-order valence-corrected chi connectivity index (χ0v) is 14.1. The van der Waals surface area contributed by atoms with Gasteiger partial charge in [-0.05, 0) is 29.8 Å². The van der Waals surface area contributed by atoms with Gasteiger partial charge in [-0.2, -0.15) is 0 Å². The summed E-state index contributed by atoms with van der Waals surface area (Å²) >= 11 is 0. The highest BCUT2D eigenvalue weighted by atomic mass is 16.5. The Morgan fingerprint density at radius 1 is 0.920 bits per heavy atom. The Hall–Kier alpha value is -3.27. The quantitative estimate of drug-likeness (QED) is 0.530. The van der Waals surface area contributed by atoms with Crippen LogP contribution in [0.1, 0.15) is 11.1 Å². The summed E-state index contributed by atoms with van der Waals surface area (Å²) in [5, 5.41) is 0. The minimum Gasteiger partial charge on any atom is -0.493 e. The lowest BCUT2D eigenvalue weighted by atomic mass is 10.2. The summed E-state index contributed by atoms with van der Waals surface area (Å²) in [6, 6.07) is 23.2. The Kier molecular flexibility index (Phi) is 5.32. The van der Waals surface area contributed by atoms with E-state index in [0.29, 0.717) is 23.8 Å². The number of ether oxygens (including phenoxy) is 2. The zero-order valence-electron chi connectivity index (χ0n) is 14.1. The van der Waals surface area contributed by atoms with Gasteiger partial charge >= 0.3 is 0 Å². The number of nitrogens with zero attached hydrogens (tertiary/aromatic N) is 1. The second-order valence-corrected chi connectivity index (χ2v) is 5.47. The number of anilines is 1. The second kappa shape index (κ2) is 8.02. The number of benzene rings is 3. The van der Waals surface area contributed by atoms with Gasteiger partial charge in [-0.1, -0.05) is 48.5 Å². The van der Waals surface area contributed by atoms with Crippen molar-refractivity contribution in [3.63, 3.8) is 0 Å². The average Bonchev–Trinajstić information content (AvgIpc) is 2.66. The van der Waals surface area contributed by atoms with Crippen molar-refractivity contribution in [2.24, 2.45) is 4.99 Å². The normalized spacial score (nSPS) is 10.8. The molecule has 0 saturated carbocycles. The number of hydrogen-bond donors (Lipinski definition) is 1. The maximum Gasteiger partial charge on any atom is 0.170 e. The van der Waals surface area contributed by atoms with Gasteiger partial charge in [-0.15, -0.1) is 0 Å². The van der Waals surface area contributed by atoms with Crippen LogP contribution in [0.4, 0.5) is 11.4 Å². The fraction of sp³-hybridized carbons (Fsp3) is 0.0952. The minimum absolute atomic E-state index is 0.454. The first-order valence-corrected chi connectivity index (χ1v) is 8.00. The summed E-state index contributed by atoms with van der Waals surface area (Å²) in [4.78, 5) is 4.48. The smallest absolute Gasteiger partial charge is 0.170 e. The summed E-state index contributed by atoms with van der Waals surface area (Å²) in [6.45, 7) is 0.454. The van der Waals surface area contributed by atoms with E-state index in [1.165, 1.54) is 0 Å². The molecule has 0 atom stereocenters. The van der Waals surface area contributed by atoms with Crippen molar-refractivity contribution in [2.45, 2.75) is 6.61 Å². The van der Waals surface area contributed by atoms with Crippen LogP contribution >= 0.6 is 0 Å². The molecule has 0 radical (unpaired) electrons. The molecule has 126 valence electrons. The SMILES string of the molecule is COc1cccc(C=Nc2ccccc2N)c1OCc1ccccc1. The molecule has 0 bridgehead atoms. The number of hydrogen-bond acceptors (Lipinski definition) is 4. The van der Waals surface area contributed by atoms with Crippen LogP contribution in [0.3, 0.4) is 0 Å². The number of rotatable bonds is 6. The largest absolute Gasteiger partial charge is 0.493 e. The molecule has 3 rings (SSSR count). The summed E-state index contributed by atoms with van der Waals surface area (Å²) in [5.74, 6) is 1.33.